The molecule has 0 unspecified atom stereocenters. The molecule has 0 amide bonds. The van der Waals surface area contributed by atoms with Gasteiger partial charge in [0.05, 0.1) is 10.6 Å². The lowest BCUT2D eigenvalue weighted by Gasteiger charge is -1.95. The highest BCUT2D eigenvalue weighted by atomic mass is 35.5. The predicted molar refractivity (Wildman–Crippen MR) is 82.6 cm³/mol. The van der Waals surface area contributed by atoms with E-state index >= 15 is 0 Å². The smallest absolute Gasteiger partial charge is 0.337 e. The maximum absolute atomic E-state index is 10.3. The number of thiol groups is 1. The third kappa shape index (κ3) is 5.15. The fourth-order valence-electron chi connectivity index (χ4n) is 1.26. The van der Waals surface area contributed by atoms with E-state index in [0.29, 0.717) is 5.75 Å². The summed E-state index contributed by atoms with van der Waals surface area (Å²) < 4.78 is 0. The molecule has 0 radical (unpaired) electrons. The second kappa shape index (κ2) is 8.10. The molecule has 0 saturated carbocycles. The van der Waals surface area contributed by atoms with Crippen LogP contribution in [0.15, 0.2) is 48.5 Å². The molecular weight excluding hydrogens is 303 g/mol. The number of halogens is 2. The largest absolute Gasteiger partial charge is 0.478 e. The fraction of sp³-hybridized carbons (Fsp3) is 0.0714. The van der Waals surface area contributed by atoms with Crippen LogP contribution in [0.5, 0.6) is 0 Å². The molecule has 1 N–H and O–H groups in total. The van der Waals surface area contributed by atoms with Crippen LogP contribution in [0.1, 0.15) is 15.9 Å². The van der Waals surface area contributed by atoms with Gasteiger partial charge in [0, 0.05) is 10.8 Å². The number of benzene rings is 2. The van der Waals surface area contributed by atoms with Crippen molar-refractivity contribution < 1.29 is 9.90 Å². The van der Waals surface area contributed by atoms with Crippen LogP contribution in [0.4, 0.5) is 0 Å². The molecule has 2 rings (SSSR count). The molecule has 2 nitrogen and oxygen atoms in total. The van der Waals surface area contributed by atoms with E-state index in [4.69, 9.17) is 28.3 Å². The average molecular weight is 315 g/mol. The molecule has 19 heavy (non-hydrogen) atoms. The summed E-state index contributed by atoms with van der Waals surface area (Å²) in [6.45, 7) is 0. The summed E-state index contributed by atoms with van der Waals surface area (Å²) in [7, 11) is 0. The highest BCUT2D eigenvalue weighted by Crippen LogP contribution is 2.16. The van der Waals surface area contributed by atoms with Gasteiger partial charge in [0.2, 0.25) is 0 Å². The van der Waals surface area contributed by atoms with Crippen LogP contribution in [-0.2, 0) is 5.75 Å². The van der Waals surface area contributed by atoms with Crippen LogP contribution in [0, 0.1) is 0 Å². The maximum atomic E-state index is 10.3. The molecule has 0 aromatic heterocycles. The van der Waals surface area contributed by atoms with Crippen LogP contribution in [0.25, 0.3) is 0 Å². The molecule has 2 aromatic carbocycles. The first kappa shape index (κ1) is 15.9. The minimum Gasteiger partial charge on any atom is -0.478 e. The Balaban J connectivity index is 0.000000191. The maximum Gasteiger partial charge on any atom is 0.337 e. The second-order valence-electron chi connectivity index (χ2n) is 3.53. The van der Waals surface area contributed by atoms with E-state index in [9.17, 15) is 4.79 Å². The molecule has 0 spiro atoms. The lowest BCUT2D eigenvalue weighted by molar-refractivity contribution is 0.0697. The van der Waals surface area contributed by atoms with E-state index < -0.39 is 5.97 Å². The van der Waals surface area contributed by atoms with Crippen molar-refractivity contribution in [2.75, 3.05) is 0 Å². The Morgan fingerprint density at radius 2 is 1.53 bits per heavy atom. The Labute approximate surface area is 127 Å². The second-order valence-corrected chi connectivity index (χ2v) is 4.67. The fourth-order valence-corrected chi connectivity index (χ4v) is 2.05. The van der Waals surface area contributed by atoms with Crippen LogP contribution in [0.2, 0.25) is 10.0 Å². The Kier molecular flexibility index (Phi) is 6.78. The SMILES string of the molecule is O=C(O)c1ccccc1Cl.SCc1ccccc1Cl. The van der Waals surface area contributed by atoms with Gasteiger partial charge in [0.1, 0.15) is 0 Å². The number of aromatic carboxylic acids is 1. The monoisotopic (exact) mass is 314 g/mol. The van der Waals surface area contributed by atoms with Crippen molar-refractivity contribution in [1.82, 2.24) is 0 Å². The Hall–Kier alpha value is -1.16. The highest BCUT2D eigenvalue weighted by Gasteiger charge is 2.04. The molecule has 0 aliphatic carbocycles. The quantitative estimate of drug-likeness (QED) is 0.781. The van der Waals surface area contributed by atoms with Gasteiger partial charge < -0.3 is 5.11 Å². The standard InChI is InChI=1S/C7H5ClO2.C7H7ClS/c8-6-4-2-1-3-5(6)7(9)10;8-7-4-2-1-3-6(7)5-9/h1-4H,(H,9,10);1-4,9H,5H2. The van der Waals surface area contributed by atoms with Gasteiger partial charge in [-0.25, -0.2) is 4.79 Å². The molecule has 0 fully saturated rings. The van der Waals surface area contributed by atoms with Crippen LogP contribution in [0.3, 0.4) is 0 Å². The summed E-state index contributed by atoms with van der Waals surface area (Å²) in [5, 5.41) is 9.55. The van der Waals surface area contributed by atoms with E-state index in [1.807, 2.05) is 24.3 Å². The zero-order valence-corrected chi connectivity index (χ0v) is 12.3. The molecule has 0 saturated heterocycles. The first-order chi connectivity index (χ1) is 9.06. The topological polar surface area (TPSA) is 37.3 Å². The van der Waals surface area contributed by atoms with Crippen LogP contribution < -0.4 is 0 Å². The van der Waals surface area contributed by atoms with E-state index in [0.717, 1.165) is 10.6 Å². The minimum absolute atomic E-state index is 0.143. The molecule has 0 aliphatic rings. The average Bonchev–Trinajstić information content (AvgIpc) is 2.40. The first-order valence-electron chi connectivity index (χ1n) is 5.38. The third-order valence-corrected chi connectivity index (χ3v) is 3.27. The molecule has 0 heterocycles. The normalized spacial score (nSPS) is 9.42. The van der Waals surface area contributed by atoms with Crippen molar-refractivity contribution in [3.63, 3.8) is 0 Å². The lowest BCUT2D eigenvalue weighted by Crippen LogP contribution is -1.95. The summed E-state index contributed by atoms with van der Waals surface area (Å²) >= 11 is 15.4. The Morgan fingerprint density at radius 3 is 1.89 bits per heavy atom. The number of carboxylic acids is 1. The van der Waals surface area contributed by atoms with Gasteiger partial charge >= 0.3 is 5.97 Å². The Morgan fingerprint density at radius 1 is 1.00 bits per heavy atom. The van der Waals surface area contributed by atoms with Crippen molar-refractivity contribution in [2.45, 2.75) is 5.75 Å². The molecule has 0 aliphatic heterocycles. The van der Waals surface area contributed by atoms with Crippen molar-refractivity contribution >= 4 is 41.8 Å². The summed E-state index contributed by atoms with van der Waals surface area (Å²) in [4.78, 5) is 10.3. The lowest BCUT2D eigenvalue weighted by atomic mass is 10.2. The van der Waals surface area contributed by atoms with Gasteiger partial charge in [-0.1, -0.05) is 53.5 Å². The molecule has 0 atom stereocenters. The molecule has 100 valence electrons. The zero-order valence-electron chi connectivity index (χ0n) is 9.88. The van der Waals surface area contributed by atoms with Gasteiger partial charge in [0.25, 0.3) is 0 Å². The van der Waals surface area contributed by atoms with Crippen molar-refractivity contribution in [1.29, 1.82) is 0 Å². The highest BCUT2D eigenvalue weighted by molar-refractivity contribution is 7.79. The van der Waals surface area contributed by atoms with E-state index in [2.05, 4.69) is 12.6 Å². The van der Waals surface area contributed by atoms with Gasteiger partial charge in [0.15, 0.2) is 0 Å². The van der Waals surface area contributed by atoms with Crippen molar-refractivity contribution in [2.24, 2.45) is 0 Å². The summed E-state index contributed by atoms with van der Waals surface area (Å²) in [6.07, 6.45) is 0. The molecule has 2 aromatic rings. The summed E-state index contributed by atoms with van der Waals surface area (Å²) in [5.74, 6) is -0.287. The third-order valence-electron chi connectivity index (χ3n) is 2.23. The molecular formula is C14H12Cl2O2S. The van der Waals surface area contributed by atoms with E-state index in [1.54, 1.807) is 18.2 Å². The predicted octanol–water partition coefficient (Wildman–Crippen LogP) is 4.81. The number of hydrogen-bond donors (Lipinski definition) is 2. The number of rotatable bonds is 2. The van der Waals surface area contributed by atoms with E-state index in [1.165, 1.54) is 6.07 Å². The summed E-state index contributed by atoms with van der Waals surface area (Å²) in [5.41, 5.74) is 1.23. The van der Waals surface area contributed by atoms with E-state index in [-0.39, 0.29) is 10.6 Å². The summed E-state index contributed by atoms with van der Waals surface area (Å²) in [6, 6.07) is 14.0. The van der Waals surface area contributed by atoms with Crippen molar-refractivity contribution in [3.05, 3.63) is 69.7 Å². The molecule has 5 heteroatoms. The van der Waals surface area contributed by atoms with Gasteiger partial charge in [-0.3, -0.25) is 0 Å². The zero-order chi connectivity index (χ0) is 14.3. The Bertz CT molecular complexity index is 559. The van der Waals surface area contributed by atoms with Gasteiger partial charge in [-0.15, -0.1) is 0 Å². The van der Waals surface area contributed by atoms with Crippen molar-refractivity contribution in [3.8, 4) is 0 Å². The van der Waals surface area contributed by atoms with Crippen LogP contribution in [-0.4, -0.2) is 11.1 Å². The molecule has 0 bridgehead atoms. The number of hydrogen-bond acceptors (Lipinski definition) is 2. The van der Waals surface area contributed by atoms with Gasteiger partial charge in [-0.05, 0) is 23.8 Å². The van der Waals surface area contributed by atoms with Gasteiger partial charge in [-0.2, -0.15) is 12.6 Å². The first-order valence-corrected chi connectivity index (χ1v) is 6.77. The minimum atomic E-state index is -0.995. The number of carbonyl (C=O) groups is 1. The van der Waals surface area contributed by atoms with Crippen LogP contribution >= 0.6 is 35.8 Å². The number of carboxylic acid groups (broad SMARTS) is 1.